The number of carbonyl (C=O) groups excluding carboxylic acids is 1. The van der Waals surface area contributed by atoms with Crippen LogP contribution in [0.15, 0.2) is 24.7 Å². The number of anilines is 1. The number of hydrogen-bond acceptors (Lipinski definition) is 5. The van der Waals surface area contributed by atoms with Gasteiger partial charge in [-0.25, -0.2) is 9.97 Å². The summed E-state index contributed by atoms with van der Waals surface area (Å²) >= 11 is 0. The third kappa shape index (κ3) is 3.12. The lowest BCUT2D eigenvalue weighted by Crippen LogP contribution is -2.27. The van der Waals surface area contributed by atoms with Gasteiger partial charge in [0.15, 0.2) is 0 Å². The lowest BCUT2D eigenvalue weighted by Gasteiger charge is -2.19. The molecule has 2 aromatic heterocycles. The second kappa shape index (κ2) is 7.00. The lowest BCUT2D eigenvalue weighted by atomic mass is 9.99. The number of amides is 1. The first-order valence-electron chi connectivity index (χ1n) is 8.08. The SMILES string of the molecule is CCn1ccnc1[C@@H]1OCC[C@H]1C(=O)Nc1cc(C)cnc1OC. The minimum Gasteiger partial charge on any atom is -0.480 e. The molecule has 1 aliphatic rings. The molecule has 1 amide bonds. The molecule has 1 fully saturated rings. The van der Waals surface area contributed by atoms with Crippen LogP contribution in [0.5, 0.6) is 5.88 Å². The predicted molar refractivity (Wildman–Crippen MR) is 88.9 cm³/mol. The van der Waals surface area contributed by atoms with Gasteiger partial charge in [-0.3, -0.25) is 4.79 Å². The van der Waals surface area contributed by atoms with Crippen molar-refractivity contribution in [2.45, 2.75) is 32.9 Å². The largest absolute Gasteiger partial charge is 0.480 e. The molecule has 0 radical (unpaired) electrons. The number of imidazole rings is 1. The summed E-state index contributed by atoms with van der Waals surface area (Å²) in [5, 5.41) is 2.93. The van der Waals surface area contributed by atoms with Crippen LogP contribution in [0.25, 0.3) is 0 Å². The maximum Gasteiger partial charge on any atom is 0.237 e. The van der Waals surface area contributed by atoms with Crippen molar-refractivity contribution in [2.75, 3.05) is 19.0 Å². The Morgan fingerprint density at radius 1 is 1.50 bits per heavy atom. The third-order valence-corrected chi connectivity index (χ3v) is 4.21. The van der Waals surface area contributed by atoms with Gasteiger partial charge in [0, 0.05) is 31.7 Å². The van der Waals surface area contributed by atoms with Gasteiger partial charge in [-0.2, -0.15) is 0 Å². The second-order valence-electron chi connectivity index (χ2n) is 5.82. The molecule has 0 aromatic carbocycles. The van der Waals surface area contributed by atoms with E-state index in [1.165, 1.54) is 7.11 Å². The van der Waals surface area contributed by atoms with Crippen molar-refractivity contribution < 1.29 is 14.3 Å². The molecule has 1 N–H and O–H groups in total. The standard InChI is InChI=1S/C17H22N4O3/c1-4-21-7-6-18-15(21)14-12(5-8-24-14)16(22)20-13-9-11(2)10-19-17(13)23-3/h6-7,9-10,12,14H,4-5,8H2,1-3H3,(H,20,22)/t12-,14-/m1/s1. The van der Waals surface area contributed by atoms with Crippen molar-refractivity contribution in [3.63, 3.8) is 0 Å². The van der Waals surface area contributed by atoms with Crippen LogP contribution in [0, 0.1) is 12.8 Å². The highest BCUT2D eigenvalue weighted by atomic mass is 16.5. The predicted octanol–water partition coefficient (Wildman–Crippen LogP) is 2.33. The van der Waals surface area contributed by atoms with E-state index in [0.717, 1.165) is 17.9 Å². The van der Waals surface area contributed by atoms with E-state index >= 15 is 0 Å². The van der Waals surface area contributed by atoms with Crippen molar-refractivity contribution in [2.24, 2.45) is 5.92 Å². The Hall–Kier alpha value is -2.41. The Kier molecular flexibility index (Phi) is 4.80. The van der Waals surface area contributed by atoms with Crippen molar-refractivity contribution in [1.29, 1.82) is 0 Å². The average molecular weight is 330 g/mol. The van der Waals surface area contributed by atoms with Gasteiger partial charge in [0.2, 0.25) is 11.8 Å². The molecule has 7 heteroatoms. The highest BCUT2D eigenvalue weighted by Crippen LogP contribution is 2.35. The van der Waals surface area contributed by atoms with Gasteiger partial charge in [0.1, 0.15) is 17.6 Å². The highest BCUT2D eigenvalue weighted by molar-refractivity contribution is 5.94. The fourth-order valence-corrected chi connectivity index (χ4v) is 2.99. The van der Waals surface area contributed by atoms with E-state index in [1.807, 2.05) is 30.7 Å². The van der Waals surface area contributed by atoms with Crippen LogP contribution in [0.2, 0.25) is 0 Å². The molecule has 0 aliphatic carbocycles. The first-order valence-corrected chi connectivity index (χ1v) is 8.08. The van der Waals surface area contributed by atoms with Crippen LogP contribution in [-0.4, -0.2) is 34.2 Å². The summed E-state index contributed by atoms with van der Waals surface area (Å²) in [7, 11) is 1.53. The van der Waals surface area contributed by atoms with E-state index in [0.29, 0.717) is 24.6 Å². The molecule has 1 saturated heterocycles. The highest BCUT2D eigenvalue weighted by Gasteiger charge is 2.38. The molecule has 7 nitrogen and oxygen atoms in total. The van der Waals surface area contributed by atoms with Crippen LogP contribution in [0.1, 0.15) is 30.8 Å². The summed E-state index contributed by atoms with van der Waals surface area (Å²) in [6, 6.07) is 1.85. The molecule has 2 aromatic rings. The lowest BCUT2D eigenvalue weighted by molar-refractivity contribution is -0.121. The van der Waals surface area contributed by atoms with Gasteiger partial charge in [-0.15, -0.1) is 0 Å². The van der Waals surface area contributed by atoms with Crippen LogP contribution >= 0.6 is 0 Å². The van der Waals surface area contributed by atoms with Gasteiger partial charge in [-0.05, 0) is 31.9 Å². The molecule has 1 aliphatic heterocycles. The second-order valence-corrected chi connectivity index (χ2v) is 5.82. The van der Waals surface area contributed by atoms with Crippen molar-refractivity contribution >= 4 is 11.6 Å². The molecule has 24 heavy (non-hydrogen) atoms. The summed E-state index contributed by atoms with van der Waals surface area (Å²) in [4.78, 5) is 21.4. The number of methoxy groups -OCH3 is 1. The number of aromatic nitrogens is 3. The molecule has 0 bridgehead atoms. The first-order chi connectivity index (χ1) is 11.6. The zero-order chi connectivity index (χ0) is 17.1. The van der Waals surface area contributed by atoms with E-state index in [-0.39, 0.29) is 17.9 Å². The van der Waals surface area contributed by atoms with E-state index in [9.17, 15) is 4.79 Å². The summed E-state index contributed by atoms with van der Waals surface area (Å²) in [5.74, 6) is 0.806. The van der Waals surface area contributed by atoms with Crippen LogP contribution in [0.4, 0.5) is 5.69 Å². The maximum atomic E-state index is 12.8. The molecule has 3 rings (SSSR count). The Balaban J connectivity index is 1.81. The average Bonchev–Trinajstić information content (AvgIpc) is 3.23. The van der Waals surface area contributed by atoms with Crippen molar-refractivity contribution in [1.82, 2.24) is 14.5 Å². The number of aryl methyl sites for hydroxylation is 2. The minimum atomic E-state index is -0.330. The zero-order valence-electron chi connectivity index (χ0n) is 14.2. The van der Waals surface area contributed by atoms with E-state index in [2.05, 4.69) is 15.3 Å². The number of ether oxygens (including phenoxy) is 2. The Labute approximate surface area is 141 Å². The maximum absolute atomic E-state index is 12.8. The number of hydrogen-bond donors (Lipinski definition) is 1. The summed E-state index contributed by atoms with van der Waals surface area (Å²) < 4.78 is 13.0. The van der Waals surface area contributed by atoms with Gasteiger partial charge in [0.25, 0.3) is 0 Å². The van der Waals surface area contributed by atoms with Gasteiger partial charge in [0.05, 0.1) is 13.0 Å². The summed E-state index contributed by atoms with van der Waals surface area (Å²) in [6.45, 7) is 5.29. The van der Waals surface area contributed by atoms with E-state index < -0.39 is 0 Å². The number of nitrogens with zero attached hydrogens (tertiary/aromatic N) is 3. The first kappa shape index (κ1) is 16.4. The Morgan fingerprint density at radius 2 is 2.33 bits per heavy atom. The summed E-state index contributed by atoms with van der Waals surface area (Å²) in [5.41, 5.74) is 1.53. The molecule has 3 heterocycles. The molecular formula is C17H22N4O3. The molecule has 2 atom stereocenters. The monoisotopic (exact) mass is 330 g/mol. The van der Waals surface area contributed by atoms with Crippen LogP contribution in [0.3, 0.4) is 0 Å². The number of pyridine rings is 1. The molecule has 0 saturated carbocycles. The zero-order valence-corrected chi connectivity index (χ0v) is 14.2. The van der Waals surface area contributed by atoms with Gasteiger partial charge < -0.3 is 19.4 Å². The third-order valence-electron chi connectivity index (χ3n) is 4.21. The fraction of sp³-hybridized carbons (Fsp3) is 0.471. The smallest absolute Gasteiger partial charge is 0.237 e. The minimum absolute atomic E-state index is 0.103. The number of rotatable bonds is 5. The summed E-state index contributed by atoms with van der Waals surface area (Å²) in [6.07, 6.45) is 5.68. The van der Waals surface area contributed by atoms with E-state index in [1.54, 1.807) is 12.4 Å². The van der Waals surface area contributed by atoms with Crippen molar-refractivity contribution in [3.8, 4) is 5.88 Å². The molecule has 0 unspecified atom stereocenters. The van der Waals surface area contributed by atoms with E-state index in [4.69, 9.17) is 9.47 Å². The number of carbonyl (C=O) groups is 1. The molecule has 128 valence electrons. The van der Waals surface area contributed by atoms with Gasteiger partial charge >= 0.3 is 0 Å². The molecular weight excluding hydrogens is 308 g/mol. The quantitative estimate of drug-likeness (QED) is 0.910. The van der Waals surface area contributed by atoms with Gasteiger partial charge in [-0.1, -0.05) is 0 Å². The topological polar surface area (TPSA) is 78.3 Å². The van der Waals surface area contributed by atoms with Crippen LogP contribution in [-0.2, 0) is 16.1 Å². The molecule has 0 spiro atoms. The van der Waals surface area contributed by atoms with Crippen LogP contribution < -0.4 is 10.1 Å². The number of nitrogens with one attached hydrogen (secondary N) is 1. The fourth-order valence-electron chi connectivity index (χ4n) is 2.99. The Bertz CT molecular complexity index is 728. The Morgan fingerprint density at radius 3 is 3.08 bits per heavy atom. The normalized spacial score (nSPS) is 20.1. The van der Waals surface area contributed by atoms with Crippen molar-refractivity contribution in [3.05, 3.63) is 36.0 Å².